The van der Waals surface area contributed by atoms with E-state index in [9.17, 15) is 4.79 Å². The van der Waals surface area contributed by atoms with Crippen molar-refractivity contribution in [3.05, 3.63) is 69.8 Å². The maximum Gasteiger partial charge on any atom is 0.412 e. The largest absolute Gasteiger partial charge is 0.441 e. The molecule has 0 aliphatic carbocycles. The molecular weight excluding hydrogens is 396 g/mol. The zero-order valence-corrected chi connectivity index (χ0v) is 16.3. The van der Waals surface area contributed by atoms with Gasteiger partial charge < -0.3 is 9.26 Å². The van der Waals surface area contributed by atoms with Crippen LogP contribution < -0.4 is 5.32 Å². The number of carbonyl (C=O) groups excluding carboxylic acids is 1. The third kappa shape index (κ3) is 4.14. The molecule has 0 fully saturated rings. The van der Waals surface area contributed by atoms with E-state index in [1.54, 1.807) is 6.92 Å². The highest BCUT2D eigenvalue weighted by Gasteiger charge is 2.19. The molecule has 1 amide bonds. The molecule has 1 atom stereocenters. The van der Waals surface area contributed by atoms with Crippen molar-refractivity contribution in [3.8, 4) is 11.3 Å². The van der Waals surface area contributed by atoms with E-state index in [1.165, 1.54) is 0 Å². The maximum absolute atomic E-state index is 12.3. The SMILES string of the molecule is Cc1ccc([C@@H](C)OC(=O)Nc2c(C)noc2-c2ccc(Br)cc2)cc1. The van der Waals surface area contributed by atoms with Gasteiger partial charge in [-0.3, -0.25) is 5.32 Å². The third-order valence-electron chi connectivity index (χ3n) is 4.03. The minimum atomic E-state index is -0.553. The maximum atomic E-state index is 12.3. The number of rotatable bonds is 4. The van der Waals surface area contributed by atoms with Gasteiger partial charge in [0.15, 0.2) is 5.76 Å². The quantitative estimate of drug-likeness (QED) is 0.565. The Morgan fingerprint density at radius 1 is 1.12 bits per heavy atom. The summed E-state index contributed by atoms with van der Waals surface area (Å²) < 4.78 is 11.8. The van der Waals surface area contributed by atoms with Crippen molar-refractivity contribution in [2.75, 3.05) is 5.32 Å². The molecule has 0 radical (unpaired) electrons. The highest BCUT2D eigenvalue weighted by atomic mass is 79.9. The molecule has 1 aromatic heterocycles. The first-order chi connectivity index (χ1) is 12.4. The summed E-state index contributed by atoms with van der Waals surface area (Å²) >= 11 is 3.40. The third-order valence-corrected chi connectivity index (χ3v) is 4.56. The standard InChI is InChI=1S/C20H19BrN2O3/c1-12-4-6-15(7-5-12)14(3)25-20(24)22-18-13(2)23-26-19(18)16-8-10-17(21)11-9-16/h4-11,14H,1-3H3,(H,22,24)/t14-/m1/s1. The first-order valence-electron chi connectivity index (χ1n) is 8.20. The van der Waals surface area contributed by atoms with Gasteiger partial charge in [-0.05, 0) is 50.6 Å². The number of hydrogen-bond acceptors (Lipinski definition) is 4. The number of aromatic nitrogens is 1. The summed E-state index contributed by atoms with van der Waals surface area (Å²) in [5.74, 6) is 0.495. The lowest BCUT2D eigenvalue weighted by atomic mass is 10.1. The van der Waals surface area contributed by atoms with Gasteiger partial charge in [0.2, 0.25) is 0 Å². The zero-order valence-electron chi connectivity index (χ0n) is 14.7. The number of aryl methyl sites for hydroxylation is 2. The number of hydrogen-bond donors (Lipinski definition) is 1. The number of anilines is 1. The van der Waals surface area contributed by atoms with Crippen LogP contribution in [0.5, 0.6) is 0 Å². The number of nitrogens with one attached hydrogen (secondary N) is 1. The van der Waals surface area contributed by atoms with Crippen molar-refractivity contribution in [2.45, 2.75) is 26.9 Å². The van der Waals surface area contributed by atoms with Gasteiger partial charge in [-0.25, -0.2) is 4.79 Å². The van der Waals surface area contributed by atoms with Crippen molar-refractivity contribution < 1.29 is 14.1 Å². The Morgan fingerprint density at radius 3 is 2.42 bits per heavy atom. The second-order valence-electron chi connectivity index (χ2n) is 6.06. The Kier molecular flexibility index (Phi) is 5.42. The van der Waals surface area contributed by atoms with Crippen LogP contribution in [0.1, 0.15) is 29.8 Å². The first-order valence-corrected chi connectivity index (χ1v) is 8.99. The molecule has 5 nitrogen and oxygen atoms in total. The number of ether oxygens (including phenoxy) is 1. The summed E-state index contributed by atoms with van der Waals surface area (Å²) in [7, 11) is 0. The Balaban J connectivity index is 1.74. The summed E-state index contributed by atoms with van der Waals surface area (Å²) in [6.07, 6.45) is -0.922. The van der Waals surface area contributed by atoms with Gasteiger partial charge in [0.05, 0.1) is 0 Å². The van der Waals surface area contributed by atoms with Crippen LogP contribution in [-0.2, 0) is 4.74 Å². The van der Waals surface area contributed by atoms with Crippen molar-refractivity contribution in [1.82, 2.24) is 5.16 Å². The predicted octanol–water partition coefficient (Wildman–Crippen LogP) is 6.03. The van der Waals surface area contributed by atoms with Gasteiger partial charge in [0.1, 0.15) is 17.5 Å². The number of halogens is 1. The van der Waals surface area contributed by atoms with Gasteiger partial charge in [-0.1, -0.05) is 50.9 Å². The Morgan fingerprint density at radius 2 is 1.77 bits per heavy atom. The summed E-state index contributed by atoms with van der Waals surface area (Å²) in [6, 6.07) is 15.4. The van der Waals surface area contributed by atoms with E-state index >= 15 is 0 Å². The number of amides is 1. The van der Waals surface area contributed by atoms with E-state index in [4.69, 9.17) is 9.26 Å². The van der Waals surface area contributed by atoms with E-state index in [-0.39, 0.29) is 6.10 Å². The topological polar surface area (TPSA) is 64.4 Å². The Labute approximate surface area is 160 Å². The summed E-state index contributed by atoms with van der Waals surface area (Å²) in [4.78, 5) is 12.3. The summed E-state index contributed by atoms with van der Waals surface area (Å²) in [5, 5.41) is 6.71. The van der Waals surface area contributed by atoms with Crippen molar-refractivity contribution in [2.24, 2.45) is 0 Å². The molecule has 3 aromatic rings. The lowest BCUT2D eigenvalue weighted by Gasteiger charge is -2.14. The van der Waals surface area contributed by atoms with Crippen LogP contribution >= 0.6 is 15.9 Å². The lowest BCUT2D eigenvalue weighted by Crippen LogP contribution is -2.16. The van der Waals surface area contributed by atoms with Crippen LogP contribution in [0.15, 0.2) is 57.5 Å². The molecule has 134 valence electrons. The molecule has 0 spiro atoms. The number of carbonyl (C=O) groups is 1. The van der Waals surface area contributed by atoms with Gasteiger partial charge >= 0.3 is 6.09 Å². The van der Waals surface area contributed by atoms with Crippen molar-refractivity contribution >= 4 is 27.7 Å². The van der Waals surface area contributed by atoms with E-state index in [2.05, 4.69) is 26.4 Å². The fourth-order valence-electron chi connectivity index (χ4n) is 2.51. The molecule has 0 bridgehead atoms. The van der Waals surface area contributed by atoms with Crippen LogP contribution in [0.4, 0.5) is 10.5 Å². The van der Waals surface area contributed by atoms with Crippen molar-refractivity contribution in [3.63, 3.8) is 0 Å². The van der Waals surface area contributed by atoms with Crippen LogP contribution in [0.2, 0.25) is 0 Å². The molecular formula is C20H19BrN2O3. The number of nitrogens with zero attached hydrogens (tertiary/aromatic N) is 1. The van der Waals surface area contributed by atoms with Crippen LogP contribution in [0.3, 0.4) is 0 Å². The number of benzene rings is 2. The predicted molar refractivity (Wildman–Crippen MR) is 104 cm³/mol. The van der Waals surface area contributed by atoms with E-state index < -0.39 is 6.09 Å². The fourth-order valence-corrected chi connectivity index (χ4v) is 2.78. The molecule has 0 aliphatic heterocycles. The molecule has 0 saturated carbocycles. The van der Waals surface area contributed by atoms with Gasteiger partial charge in [0, 0.05) is 10.0 Å². The average Bonchev–Trinajstić information content (AvgIpc) is 2.97. The van der Waals surface area contributed by atoms with E-state index in [0.29, 0.717) is 17.1 Å². The van der Waals surface area contributed by atoms with Crippen LogP contribution in [-0.4, -0.2) is 11.2 Å². The lowest BCUT2D eigenvalue weighted by molar-refractivity contribution is 0.121. The molecule has 0 saturated heterocycles. The monoisotopic (exact) mass is 414 g/mol. The smallest absolute Gasteiger partial charge is 0.412 e. The van der Waals surface area contributed by atoms with Crippen LogP contribution in [0.25, 0.3) is 11.3 Å². The first kappa shape index (κ1) is 18.2. The molecule has 26 heavy (non-hydrogen) atoms. The van der Waals surface area contributed by atoms with Crippen LogP contribution in [0, 0.1) is 13.8 Å². The molecule has 2 aromatic carbocycles. The highest BCUT2D eigenvalue weighted by Crippen LogP contribution is 2.32. The molecule has 0 aliphatic rings. The highest BCUT2D eigenvalue weighted by molar-refractivity contribution is 9.10. The molecule has 6 heteroatoms. The van der Waals surface area contributed by atoms with E-state index in [1.807, 2.05) is 62.4 Å². The second kappa shape index (κ2) is 7.74. The minimum Gasteiger partial charge on any atom is -0.441 e. The Bertz CT molecular complexity index is 902. The van der Waals surface area contributed by atoms with Gasteiger partial charge in [0.25, 0.3) is 0 Å². The van der Waals surface area contributed by atoms with E-state index in [0.717, 1.165) is 21.2 Å². The fraction of sp³-hybridized carbons (Fsp3) is 0.200. The van der Waals surface area contributed by atoms with Gasteiger partial charge in [-0.15, -0.1) is 0 Å². The zero-order chi connectivity index (χ0) is 18.7. The average molecular weight is 415 g/mol. The molecule has 1 heterocycles. The minimum absolute atomic E-state index is 0.369. The molecule has 1 N–H and O–H groups in total. The Hall–Kier alpha value is -2.60. The second-order valence-corrected chi connectivity index (χ2v) is 6.98. The normalized spacial score (nSPS) is 11.8. The van der Waals surface area contributed by atoms with Crippen molar-refractivity contribution in [1.29, 1.82) is 0 Å². The molecule has 0 unspecified atom stereocenters. The summed E-state index contributed by atoms with van der Waals surface area (Å²) in [6.45, 7) is 5.62. The summed E-state index contributed by atoms with van der Waals surface area (Å²) in [5.41, 5.74) is 4.00. The molecule has 3 rings (SSSR count). The van der Waals surface area contributed by atoms with Gasteiger partial charge in [-0.2, -0.15) is 0 Å².